The fraction of sp³-hybridized carbons (Fsp3) is 0.703. The van der Waals surface area contributed by atoms with Crippen molar-refractivity contribution in [1.29, 1.82) is 0 Å². The van der Waals surface area contributed by atoms with Gasteiger partial charge in [0.15, 0.2) is 6.10 Å². The predicted molar refractivity (Wildman–Crippen MR) is 302 cm³/mol. The normalized spacial score (nSPS) is 12.8. The summed E-state index contributed by atoms with van der Waals surface area (Å²) >= 11 is 0. The fourth-order valence-electron chi connectivity index (χ4n) is 7.95. The van der Waals surface area contributed by atoms with E-state index in [0.717, 1.165) is 116 Å². The van der Waals surface area contributed by atoms with E-state index in [1.807, 2.05) is 0 Å². The van der Waals surface area contributed by atoms with Crippen molar-refractivity contribution in [1.82, 2.24) is 0 Å². The van der Waals surface area contributed by atoms with Crippen molar-refractivity contribution in [3.63, 3.8) is 0 Å². The highest BCUT2D eigenvalue weighted by molar-refractivity contribution is 5.71. The second-order valence-electron chi connectivity index (χ2n) is 19.2. The first-order valence-electron chi connectivity index (χ1n) is 29.2. The van der Waals surface area contributed by atoms with Crippen LogP contribution < -0.4 is 0 Å². The van der Waals surface area contributed by atoms with Crippen molar-refractivity contribution in [2.45, 2.75) is 277 Å². The van der Waals surface area contributed by atoms with Gasteiger partial charge in [-0.25, -0.2) is 0 Å². The van der Waals surface area contributed by atoms with Gasteiger partial charge in [-0.15, -0.1) is 0 Å². The largest absolute Gasteiger partial charge is 0.462 e. The maximum Gasteiger partial charge on any atom is 0.306 e. The molecule has 0 rings (SSSR count). The Labute approximate surface area is 432 Å². The maximum atomic E-state index is 12.8. The molecule has 0 bridgehead atoms. The van der Waals surface area contributed by atoms with E-state index < -0.39 is 6.10 Å². The molecule has 0 aliphatic heterocycles. The molecule has 0 aromatic carbocycles. The Kier molecular flexibility index (Phi) is 54.9. The summed E-state index contributed by atoms with van der Waals surface area (Å²) in [5, 5.41) is 0. The van der Waals surface area contributed by atoms with Crippen LogP contribution in [0, 0.1) is 0 Å². The highest BCUT2D eigenvalue weighted by Crippen LogP contribution is 2.15. The summed E-state index contributed by atoms with van der Waals surface area (Å²) in [4.78, 5) is 38.1. The number of carbonyl (C=O) groups is 3. The Morgan fingerprint density at radius 1 is 0.300 bits per heavy atom. The third kappa shape index (κ3) is 55.3. The van der Waals surface area contributed by atoms with E-state index in [4.69, 9.17) is 14.2 Å². The maximum absolute atomic E-state index is 12.8. The van der Waals surface area contributed by atoms with Gasteiger partial charge in [0, 0.05) is 19.3 Å². The molecule has 0 saturated heterocycles. The van der Waals surface area contributed by atoms with E-state index in [1.165, 1.54) is 116 Å². The second-order valence-corrected chi connectivity index (χ2v) is 19.2. The monoisotopic (exact) mass is 973 g/mol. The lowest BCUT2D eigenvalue weighted by atomic mass is 10.1. The number of ether oxygens (including phenoxy) is 3. The highest BCUT2D eigenvalue weighted by atomic mass is 16.6. The van der Waals surface area contributed by atoms with Gasteiger partial charge in [-0.3, -0.25) is 14.4 Å². The third-order valence-electron chi connectivity index (χ3n) is 12.3. The lowest BCUT2D eigenvalue weighted by molar-refractivity contribution is -0.167. The molecule has 0 fully saturated rings. The van der Waals surface area contributed by atoms with Crippen LogP contribution in [-0.4, -0.2) is 37.2 Å². The molecule has 70 heavy (non-hydrogen) atoms. The van der Waals surface area contributed by atoms with Gasteiger partial charge in [0.25, 0.3) is 0 Å². The van der Waals surface area contributed by atoms with Crippen LogP contribution in [0.5, 0.6) is 0 Å². The van der Waals surface area contributed by atoms with Gasteiger partial charge in [0.2, 0.25) is 0 Å². The molecular formula is C64H108O6. The fourth-order valence-corrected chi connectivity index (χ4v) is 7.95. The molecule has 400 valence electrons. The Balaban J connectivity index is 4.37. The quantitative estimate of drug-likeness (QED) is 0.0262. The van der Waals surface area contributed by atoms with Crippen molar-refractivity contribution in [2.75, 3.05) is 13.2 Å². The first kappa shape index (κ1) is 66.3. The standard InChI is InChI=1S/C64H108O6/c1-4-7-10-13-16-19-22-24-26-28-30-31-32-33-35-36-38-40-42-45-48-51-54-57-63(66)69-60-61(59-68-62(65)56-53-50-47-44-21-18-15-12-9-6-3)70-64(67)58-55-52-49-46-43-41-39-37-34-29-27-25-23-20-17-14-11-8-5-2/h8,11,17,20,22,24-25,27-28,30,32-34,37,41,43,61H,4-7,9-10,12-16,18-19,21,23,26,29,31,35-36,38-40,42,44-60H2,1-3H3/b11-8-,20-17-,24-22-,27-25-,30-28-,33-32-,37-34-,43-41-. The molecule has 0 aliphatic carbocycles. The number of esters is 3. The number of hydrogen-bond donors (Lipinski definition) is 0. The first-order chi connectivity index (χ1) is 34.5. The lowest BCUT2D eigenvalue weighted by Gasteiger charge is -2.18. The van der Waals surface area contributed by atoms with E-state index in [2.05, 4.69) is 118 Å². The summed E-state index contributed by atoms with van der Waals surface area (Å²) in [5.41, 5.74) is 0. The molecule has 6 nitrogen and oxygen atoms in total. The average Bonchev–Trinajstić information content (AvgIpc) is 3.36. The number of carbonyl (C=O) groups excluding carboxylic acids is 3. The molecule has 1 unspecified atom stereocenters. The molecule has 0 aliphatic rings. The Morgan fingerprint density at radius 3 is 0.886 bits per heavy atom. The lowest BCUT2D eigenvalue weighted by Crippen LogP contribution is -2.30. The van der Waals surface area contributed by atoms with E-state index >= 15 is 0 Å². The van der Waals surface area contributed by atoms with Crippen molar-refractivity contribution < 1.29 is 28.6 Å². The molecule has 0 amide bonds. The zero-order valence-corrected chi connectivity index (χ0v) is 45.8. The van der Waals surface area contributed by atoms with Gasteiger partial charge in [-0.2, -0.15) is 0 Å². The minimum Gasteiger partial charge on any atom is -0.462 e. The zero-order chi connectivity index (χ0) is 50.7. The molecule has 0 aromatic heterocycles. The first-order valence-corrected chi connectivity index (χ1v) is 29.2. The van der Waals surface area contributed by atoms with Crippen LogP contribution in [0.4, 0.5) is 0 Å². The molecule has 0 saturated carbocycles. The van der Waals surface area contributed by atoms with Crippen LogP contribution in [0.2, 0.25) is 0 Å². The van der Waals surface area contributed by atoms with Crippen molar-refractivity contribution >= 4 is 17.9 Å². The molecule has 0 radical (unpaired) electrons. The Hall–Kier alpha value is -3.67. The summed E-state index contributed by atoms with van der Waals surface area (Å²) in [7, 11) is 0. The number of unbranched alkanes of at least 4 members (excludes halogenated alkanes) is 25. The molecule has 0 aromatic rings. The van der Waals surface area contributed by atoms with Crippen LogP contribution in [0.1, 0.15) is 271 Å². The Bertz CT molecular complexity index is 1400. The summed E-state index contributed by atoms with van der Waals surface area (Å²) in [6.07, 6.45) is 76.9. The molecular weight excluding hydrogens is 865 g/mol. The molecule has 1 atom stereocenters. The molecule has 0 spiro atoms. The minimum absolute atomic E-state index is 0.0925. The third-order valence-corrected chi connectivity index (χ3v) is 12.3. The van der Waals surface area contributed by atoms with E-state index in [1.54, 1.807) is 0 Å². The summed E-state index contributed by atoms with van der Waals surface area (Å²) in [6, 6.07) is 0. The van der Waals surface area contributed by atoms with Crippen LogP contribution in [0.15, 0.2) is 97.2 Å². The van der Waals surface area contributed by atoms with Gasteiger partial charge in [0.05, 0.1) is 0 Å². The van der Waals surface area contributed by atoms with Crippen LogP contribution in [-0.2, 0) is 28.6 Å². The van der Waals surface area contributed by atoms with E-state index in [9.17, 15) is 14.4 Å². The summed E-state index contributed by atoms with van der Waals surface area (Å²) < 4.78 is 16.8. The van der Waals surface area contributed by atoms with Gasteiger partial charge in [0.1, 0.15) is 13.2 Å². The van der Waals surface area contributed by atoms with Crippen molar-refractivity contribution in [2.24, 2.45) is 0 Å². The minimum atomic E-state index is -0.797. The van der Waals surface area contributed by atoms with Crippen molar-refractivity contribution in [3.05, 3.63) is 97.2 Å². The SMILES string of the molecule is CC/C=C\C/C=C\C/C=C\C/C=C\C/C=C\CCCCCC(=O)OC(COC(=O)CCCCCCCCCC/C=C\C/C=C\C/C=C\CCCCCCC)COC(=O)CCCCCCCCCCCC. The summed E-state index contributed by atoms with van der Waals surface area (Å²) in [6.45, 7) is 6.48. The molecule has 6 heteroatoms. The van der Waals surface area contributed by atoms with Crippen LogP contribution in [0.3, 0.4) is 0 Å². The number of rotatable bonds is 52. The second kappa shape index (κ2) is 57.9. The molecule has 0 heterocycles. The smallest absolute Gasteiger partial charge is 0.306 e. The Morgan fingerprint density at radius 2 is 0.557 bits per heavy atom. The highest BCUT2D eigenvalue weighted by Gasteiger charge is 2.19. The predicted octanol–water partition coefficient (Wildman–Crippen LogP) is 19.7. The number of allylic oxidation sites excluding steroid dienone is 16. The average molecular weight is 974 g/mol. The van der Waals surface area contributed by atoms with Gasteiger partial charge >= 0.3 is 17.9 Å². The van der Waals surface area contributed by atoms with Crippen LogP contribution >= 0.6 is 0 Å². The topological polar surface area (TPSA) is 78.9 Å². The van der Waals surface area contributed by atoms with Crippen molar-refractivity contribution in [3.8, 4) is 0 Å². The zero-order valence-electron chi connectivity index (χ0n) is 45.8. The van der Waals surface area contributed by atoms with Crippen LogP contribution in [0.25, 0.3) is 0 Å². The van der Waals surface area contributed by atoms with E-state index in [0.29, 0.717) is 12.8 Å². The van der Waals surface area contributed by atoms with Gasteiger partial charge in [-0.05, 0) is 103 Å². The van der Waals surface area contributed by atoms with Gasteiger partial charge in [-0.1, -0.05) is 246 Å². The molecule has 0 N–H and O–H groups in total. The number of hydrogen-bond acceptors (Lipinski definition) is 6. The summed E-state index contributed by atoms with van der Waals surface area (Å²) in [5.74, 6) is -0.931. The van der Waals surface area contributed by atoms with Gasteiger partial charge < -0.3 is 14.2 Å². The van der Waals surface area contributed by atoms with E-state index in [-0.39, 0.29) is 37.5 Å².